The molecule has 7 heteroatoms. The van der Waals surface area contributed by atoms with Gasteiger partial charge in [0.05, 0.1) is 16.1 Å². The topological polar surface area (TPSA) is 53.1 Å². The largest absolute Gasteiger partial charge is 0.360 e. The lowest BCUT2D eigenvalue weighted by atomic mass is 10.2. The van der Waals surface area contributed by atoms with Gasteiger partial charge in [-0.05, 0) is 50.0 Å². The highest BCUT2D eigenvalue weighted by Gasteiger charge is 2.27. The first-order valence-corrected chi connectivity index (χ1v) is 10.1. The maximum Gasteiger partial charge on any atom is 0.227 e. The number of benzene rings is 2. The van der Waals surface area contributed by atoms with Gasteiger partial charge in [0.2, 0.25) is 5.95 Å². The fourth-order valence-electron chi connectivity index (χ4n) is 3.09. The van der Waals surface area contributed by atoms with Gasteiger partial charge in [-0.25, -0.2) is 9.97 Å². The van der Waals surface area contributed by atoms with Gasteiger partial charge in [-0.2, -0.15) is 0 Å². The lowest BCUT2D eigenvalue weighted by molar-refractivity contribution is 0.304. The van der Waals surface area contributed by atoms with E-state index >= 15 is 0 Å². The predicted molar refractivity (Wildman–Crippen MR) is 114 cm³/mol. The lowest BCUT2D eigenvalue weighted by Crippen LogP contribution is -2.35. The van der Waals surface area contributed by atoms with E-state index in [-0.39, 0.29) is 5.50 Å². The summed E-state index contributed by atoms with van der Waals surface area (Å²) < 4.78 is 0. The Morgan fingerprint density at radius 3 is 2.85 bits per heavy atom. The molecule has 1 aromatic heterocycles. The second kappa shape index (κ2) is 7.34. The number of rotatable bonds is 5. The van der Waals surface area contributed by atoms with Crippen molar-refractivity contribution in [3.8, 4) is 0 Å². The summed E-state index contributed by atoms with van der Waals surface area (Å²) in [5, 5.41) is 7.95. The quantitative estimate of drug-likeness (QED) is 0.651. The summed E-state index contributed by atoms with van der Waals surface area (Å²) in [6.07, 6.45) is 1.88. The SMILES string of the molecule is CCN(CC)C1Nc2ccc3cnc(Nc4cccc([SH2+])c4)nc3c2S1. The fraction of sp³-hybridized carbons (Fsp3) is 0.263. The first kappa shape index (κ1) is 17.5. The number of nitrogens with one attached hydrogen (secondary N) is 2. The van der Waals surface area contributed by atoms with Crippen LogP contribution in [0.2, 0.25) is 0 Å². The third-order valence-corrected chi connectivity index (χ3v) is 6.08. The van der Waals surface area contributed by atoms with Crippen LogP contribution < -0.4 is 10.6 Å². The minimum Gasteiger partial charge on any atom is -0.360 e. The zero-order valence-electron chi connectivity index (χ0n) is 14.8. The smallest absolute Gasteiger partial charge is 0.227 e. The Labute approximate surface area is 163 Å². The molecule has 0 bridgehead atoms. The molecular weight excluding hydrogens is 362 g/mol. The average molecular weight is 385 g/mol. The van der Waals surface area contributed by atoms with E-state index in [2.05, 4.69) is 59.1 Å². The molecule has 1 aliphatic heterocycles. The summed E-state index contributed by atoms with van der Waals surface area (Å²) in [7, 11) is 0. The highest BCUT2D eigenvalue weighted by atomic mass is 32.2. The van der Waals surface area contributed by atoms with Crippen LogP contribution in [-0.4, -0.2) is 33.5 Å². The van der Waals surface area contributed by atoms with E-state index in [1.807, 2.05) is 42.2 Å². The van der Waals surface area contributed by atoms with E-state index in [0.717, 1.165) is 40.3 Å². The van der Waals surface area contributed by atoms with Gasteiger partial charge in [-0.15, -0.1) is 0 Å². The Bertz CT molecular complexity index is 942. The Kier molecular flexibility index (Phi) is 4.93. The van der Waals surface area contributed by atoms with E-state index in [1.54, 1.807) is 0 Å². The van der Waals surface area contributed by atoms with Crippen molar-refractivity contribution < 1.29 is 0 Å². The van der Waals surface area contributed by atoms with Crippen LogP contribution in [0.4, 0.5) is 17.3 Å². The number of fused-ring (bicyclic) bond motifs is 3. The van der Waals surface area contributed by atoms with Crippen LogP contribution in [0.3, 0.4) is 0 Å². The van der Waals surface area contributed by atoms with Crippen molar-refractivity contribution in [2.24, 2.45) is 0 Å². The Morgan fingerprint density at radius 2 is 2.08 bits per heavy atom. The minimum absolute atomic E-state index is 0.252. The van der Waals surface area contributed by atoms with Gasteiger partial charge in [0.1, 0.15) is 5.50 Å². The Hall–Kier alpha value is -1.96. The third kappa shape index (κ3) is 3.34. The second-order valence-electron chi connectivity index (χ2n) is 6.12. The number of thioether (sulfide) groups is 1. The van der Waals surface area contributed by atoms with Gasteiger partial charge in [0.15, 0.2) is 4.90 Å². The summed E-state index contributed by atoms with van der Waals surface area (Å²) >= 11 is 5.37. The molecule has 0 radical (unpaired) electrons. The lowest BCUT2D eigenvalue weighted by Gasteiger charge is -2.25. The van der Waals surface area contributed by atoms with Crippen molar-refractivity contribution >= 4 is 52.6 Å². The number of nitrogens with zero attached hydrogens (tertiary/aromatic N) is 3. The molecule has 5 nitrogen and oxygen atoms in total. The molecule has 1 aliphatic rings. The van der Waals surface area contributed by atoms with E-state index < -0.39 is 0 Å². The molecule has 2 aromatic carbocycles. The Balaban J connectivity index is 1.67. The van der Waals surface area contributed by atoms with Crippen molar-refractivity contribution in [2.45, 2.75) is 29.1 Å². The molecule has 1 unspecified atom stereocenters. The summed E-state index contributed by atoms with van der Waals surface area (Å²) in [4.78, 5) is 13.9. The molecule has 134 valence electrons. The zero-order valence-corrected chi connectivity index (χ0v) is 16.6. The van der Waals surface area contributed by atoms with Crippen LogP contribution in [0.1, 0.15) is 13.8 Å². The molecule has 0 saturated carbocycles. The Morgan fingerprint density at radius 1 is 1.23 bits per heavy atom. The van der Waals surface area contributed by atoms with Gasteiger partial charge < -0.3 is 10.6 Å². The zero-order chi connectivity index (χ0) is 18.1. The summed E-state index contributed by atoms with van der Waals surface area (Å²) in [5.74, 6) is 0.607. The van der Waals surface area contributed by atoms with Crippen LogP contribution in [0.15, 0.2) is 52.4 Å². The molecule has 0 aliphatic carbocycles. The number of hydrogen-bond acceptors (Lipinski definition) is 6. The number of hydrogen-bond donors (Lipinski definition) is 2. The van der Waals surface area contributed by atoms with Gasteiger partial charge >= 0.3 is 0 Å². The normalized spacial score (nSPS) is 15.9. The minimum atomic E-state index is 0.252. The van der Waals surface area contributed by atoms with Crippen LogP contribution >= 0.6 is 11.8 Å². The van der Waals surface area contributed by atoms with Gasteiger partial charge in [-0.3, -0.25) is 4.90 Å². The summed E-state index contributed by atoms with van der Waals surface area (Å²) in [6.45, 7) is 6.40. The molecule has 1 atom stereocenters. The first-order valence-electron chi connectivity index (χ1n) is 8.73. The molecule has 2 heterocycles. The molecule has 0 fully saturated rings. The van der Waals surface area contributed by atoms with Crippen molar-refractivity contribution in [3.05, 3.63) is 42.6 Å². The van der Waals surface area contributed by atoms with Gasteiger partial charge in [0, 0.05) is 23.3 Å². The van der Waals surface area contributed by atoms with E-state index in [4.69, 9.17) is 4.98 Å². The average Bonchev–Trinajstić information content (AvgIpc) is 3.07. The first-order chi connectivity index (χ1) is 12.7. The van der Waals surface area contributed by atoms with Crippen molar-refractivity contribution in [2.75, 3.05) is 23.7 Å². The monoisotopic (exact) mass is 384 g/mol. The predicted octanol–water partition coefficient (Wildman–Crippen LogP) is 3.89. The van der Waals surface area contributed by atoms with Crippen molar-refractivity contribution in [1.29, 1.82) is 0 Å². The number of anilines is 3. The maximum absolute atomic E-state index is 4.80. The van der Waals surface area contributed by atoms with E-state index in [9.17, 15) is 0 Å². The van der Waals surface area contributed by atoms with Crippen LogP contribution in [0, 0.1) is 0 Å². The standard InChI is InChI=1S/C19H21N5S2/c1-3-24(4-2)19-22-15-9-8-12-11-20-18(23-16(12)17(15)26-19)21-13-6-5-7-14(25)10-13/h5-11,19,22,25H,3-4H2,1-2H3,(H,20,21,23)/p+1. The molecule has 3 aromatic rings. The van der Waals surface area contributed by atoms with Gasteiger partial charge in [-0.1, -0.05) is 31.7 Å². The maximum atomic E-state index is 4.80. The fourth-order valence-corrected chi connectivity index (χ4v) is 4.72. The molecule has 4 rings (SSSR count). The van der Waals surface area contributed by atoms with Crippen LogP contribution in [0.25, 0.3) is 10.9 Å². The third-order valence-electron chi connectivity index (χ3n) is 4.48. The molecule has 26 heavy (non-hydrogen) atoms. The second-order valence-corrected chi connectivity index (χ2v) is 7.78. The molecular formula is C19H22N5S2+. The molecule has 0 spiro atoms. The molecule has 0 amide bonds. The van der Waals surface area contributed by atoms with Crippen LogP contribution in [0.5, 0.6) is 0 Å². The molecule has 0 saturated heterocycles. The van der Waals surface area contributed by atoms with E-state index in [1.165, 1.54) is 4.90 Å². The number of aromatic nitrogens is 2. The highest BCUT2D eigenvalue weighted by Crippen LogP contribution is 2.43. The molecule has 2 N–H and O–H groups in total. The van der Waals surface area contributed by atoms with Crippen molar-refractivity contribution in [3.63, 3.8) is 0 Å². The summed E-state index contributed by atoms with van der Waals surface area (Å²) in [6, 6.07) is 12.2. The highest BCUT2D eigenvalue weighted by molar-refractivity contribution is 8.00. The van der Waals surface area contributed by atoms with Crippen LogP contribution in [-0.2, 0) is 12.6 Å². The van der Waals surface area contributed by atoms with E-state index in [0.29, 0.717) is 5.95 Å². The van der Waals surface area contributed by atoms with Crippen molar-refractivity contribution in [1.82, 2.24) is 14.9 Å². The summed E-state index contributed by atoms with van der Waals surface area (Å²) in [5.41, 5.74) is 3.34. The van der Waals surface area contributed by atoms with Gasteiger partial charge in [0.25, 0.3) is 0 Å².